The number of carbonyl (C=O) groups excluding carboxylic acids is 1. The highest BCUT2D eigenvalue weighted by atomic mass is 16.1. The fourth-order valence-corrected chi connectivity index (χ4v) is 3.26. The molecule has 1 aromatic carbocycles. The van der Waals surface area contributed by atoms with Crippen molar-refractivity contribution in [2.24, 2.45) is 5.73 Å². The topological polar surface area (TPSA) is 58.4 Å². The third-order valence-electron chi connectivity index (χ3n) is 4.53. The van der Waals surface area contributed by atoms with E-state index in [1.54, 1.807) is 0 Å². The molecule has 1 aliphatic heterocycles. The van der Waals surface area contributed by atoms with Gasteiger partial charge in [-0.1, -0.05) is 25.1 Å². The van der Waals surface area contributed by atoms with E-state index in [4.69, 9.17) is 5.73 Å². The fraction of sp³-hybridized carbons (Fsp3) is 0.588. The Labute approximate surface area is 127 Å². The van der Waals surface area contributed by atoms with Crippen LogP contribution in [0.5, 0.6) is 0 Å². The van der Waals surface area contributed by atoms with Crippen LogP contribution in [-0.2, 0) is 11.2 Å². The molecule has 2 rings (SSSR count). The fourth-order valence-electron chi connectivity index (χ4n) is 3.26. The van der Waals surface area contributed by atoms with Gasteiger partial charge in [0.2, 0.25) is 5.91 Å². The summed E-state index contributed by atoms with van der Waals surface area (Å²) >= 11 is 0. The number of anilines is 1. The van der Waals surface area contributed by atoms with Crippen molar-refractivity contribution < 1.29 is 4.79 Å². The second-order valence-corrected chi connectivity index (χ2v) is 6.21. The van der Waals surface area contributed by atoms with Crippen molar-refractivity contribution in [3.8, 4) is 0 Å². The normalized spacial score (nSPS) is 20.1. The van der Waals surface area contributed by atoms with Crippen LogP contribution in [0.4, 0.5) is 5.69 Å². The van der Waals surface area contributed by atoms with Crippen LogP contribution < -0.4 is 16.0 Å². The standard InChI is InChI=1S/C17H27N3O/c1-4-19-17(3,16(18)21)10-7-11-20-13(2)12-14-8-5-6-9-15(14)20/h5-6,8-9,13,19H,4,7,10-12H2,1-3H3,(H2,18,21). The molecule has 1 heterocycles. The van der Waals surface area contributed by atoms with Gasteiger partial charge >= 0.3 is 0 Å². The smallest absolute Gasteiger partial charge is 0.237 e. The number of hydrogen-bond donors (Lipinski definition) is 2. The van der Waals surface area contributed by atoms with Crippen LogP contribution in [0.3, 0.4) is 0 Å². The lowest BCUT2D eigenvalue weighted by Crippen LogP contribution is -2.53. The molecule has 1 aliphatic rings. The Morgan fingerprint density at radius 2 is 2.19 bits per heavy atom. The van der Waals surface area contributed by atoms with E-state index in [2.05, 4.69) is 41.4 Å². The maximum Gasteiger partial charge on any atom is 0.237 e. The zero-order valence-electron chi connectivity index (χ0n) is 13.4. The highest BCUT2D eigenvalue weighted by Crippen LogP contribution is 2.32. The summed E-state index contributed by atoms with van der Waals surface area (Å²) in [6.45, 7) is 7.88. The second kappa shape index (κ2) is 6.48. The number of primary amides is 1. The first kappa shape index (κ1) is 15.8. The average molecular weight is 289 g/mol. The Balaban J connectivity index is 1.96. The summed E-state index contributed by atoms with van der Waals surface area (Å²) in [6, 6.07) is 9.12. The van der Waals surface area contributed by atoms with Crippen LogP contribution in [0, 0.1) is 0 Å². The Hall–Kier alpha value is -1.55. The van der Waals surface area contributed by atoms with Gasteiger partial charge in [0.25, 0.3) is 0 Å². The van der Waals surface area contributed by atoms with Gasteiger partial charge < -0.3 is 16.0 Å². The zero-order valence-corrected chi connectivity index (χ0v) is 13.4. The molecule has 0 aromatic heterocycles. The van der Waals surface area contributed by atoms with Crippen LogP contribution in [0.25, 0.3) is 0 Å². The quantitative estimate of drug-likeness (QED) is 0.808. The molecule has 21 heavy (non-hydrogen) atoms. The predicted octanol–water partition coefficient (Wildman–Crippen LogP) is 2.07. The monoisotopic (exact) mass is 289 g/mol. The van der Waals surface area contributed by atoms with Crippen LogP contribution in [-0.4, -0.2) is 30.6 Å². The Bertz CT molecular complexity index is 503. The summed E-state index contributed by atoms with van der Waals surface area (Å²) in [4.78, 5) is 14.1. The second-order valence-electron chi connectivity index (χ2n) is 6.21. The van der Waals surface area contributed by atoms with E-state index < -0.39 is 5.54 Å². The number of likely N-dealkylation sites (N-methyl/N-ethyl adjacent to an activating group) is 1. The van der Waals surface area contributed by atoms with Gasteiger partial charge in [0.15, 0.2) is 0 Å². The molecule has 0 radical (unpaired) electrons. The lowest BCUT2D eigenvalue weighted by Gasteiger charge is -2.30. The van der Waals surface area contributed by atoms with Gasteiger partial charge in [-0.3, -0.25) is 4.79 Å². The molecular formula is C17H27N3O. The summed E-state index contributed by atoms with van der Waals surface area (Å²) < 4.78 is 0. The number of nitrogens with zero attached hydrogens (tertiary/aromatic N) is 1. The first-order chi connectivity index (χ1) is 9.98. The maximum atomic E-state index is 11.6. The third-order valence-corrected chi connectivity index (χ3v) is 4.53. The first-order valence-corrected chi connectivity index (χ1v) is 7.87. The summed E-state index contributed by atoms with van der Waals surface area (Å²) in [6.07, 6.45) is 2.82. The Morgan fingerprint density at radius 3 is 2.86 bits per heavy atom. The van der Waals surface area contributed by atoms with Crippen LogP contribution in [0.15, 0.2) is 24.3 Å². The lowest BCUT2D eigenvalue weighted by molar-refractivity contribution is -0.124. The number of fused-ring (bicyclic) bond motifs is 1. The van der Waals surface area contributed by atoms with E-state index in [0.29, 0.717) is 6.04 Å². The minimum Gasteiger partial charge on any atom is -0.368 e. The van der Waals surface area contributed by atoms with Gasteiger partial charge in [0.05, 0.1) is 5.54 Å². The van der Waals surface area contributed by atoms with Crippen LogP contribution >= 0.6 is 0 Å². The molecular weight excluding hydrogens is 262 g/mol. The molecule has 0 spiro atoms. The number of benzene rings is 1. The van der Waals surface area contributed by atoms with Crippen molar-refractivity contribution in [2.75, 3.05) is 18.0 Å². The summed E-state index contributed by atoms with van der Waals surface area (Å²) in [7, 11) is 0. The SMILES string of the molecule is CCNC(C)(CCCN1c2ccccc2CC1C)C(N)=O. The molecule has 1 aromatic rings. The van der Waals surface area contributed by atoms with Gasteiger partial charge in [-0.05, 0) is 51.3 Å². The summed E-state index contributed by atoms with van der Waals surface area (Å²) in [5, 5.41) is 3.22. The predicted molar refractivity (Wildman–Crippen MR) is 87.5 cm³/mol. The highest BCUT2D eigenvalue weighted by Gasteiger charge is 2.30. The Morgan fingerprint density at radius 1 is 1.48 bits per heavy atom. The van der Waals surface area contributed by atoms with E-state index in [0.717, 1.165) is 32.4 Å². The van der Waals surface area contributed by atoms with Crippen molar-refractivity contribution in [3.05, 3.63) is 29.8 Å². The minimum absolute atomic E-state index is 0.265. The summed E-state index contributed by atoms with van der Waals surface area (Å²) in [5.41, 5.74) is 7.71. The van der Waals surface area contributed by atoms with Crippen molar-refractivity contribution in [1.29, 1.82) is 0 Å². The van der Waals surface area contributed by atoms with E-state index in [9.17, 15) is 4.79 Å². The number of para-hydroxylation sites is 1. The molecule has 2 atom stereocenters. The zero-order chi connectivity index (χ0) is 15.5. The van der Waals surface area contributed by atoms with Gasteiger partial charge in [0.1, 0.15) is 0 Å². The largest absolute Gasteiger partial charge is 0.368 e. The maximum absolute atomic E-state index is 11.6. The van der Waals surface area contributed by atoms with E-state index in [1.165, 1.54) is 11.3 Å². The van der Waals surface area contributed by atoms with Crippen molar-refractivity contribution in [1.82, 2.24) is 5.32 Å². The van der Waals surface area contributed by atoms with E-state index in [-0.39, 0.29) is 5.91 Å². The van der Waals surface area contributed by atoms with Gasteiger partial charge in [-0.15, -0.1) is 0 Å². The molecule has 2 unspecified atom stereocenters. The van der Waals surface area contributed by atoms with Gasteiger partial charge in [0, 0.05) is 18.3 Å². The van der Waals surface area contributed by atoms with Crippen molar-refractivity contribution >= 4 is 11.6 Å². The summed E-state index contributed by atoms with van der Waals surface area (Å²) in [5.74, 6) is -0.265. The minimum atomic E-state index is -0.600. The number of nitrogens with two attached hydrogens (primary N) is 1. The molecule has 0 saturated heterocycles. The highest BCUT2D eigenvalue weighted by molar-refractivity contribution is 5.84. The molecule has 1 amide bonds. The number of rotatable bonds is 7. The molecule has 4 heteroatoms. The number of amides is 1. The molecule has 3 N–H and O–H groups in total. The number of hydrogen-bond acceptors (Lipinski definition) is 3. The molecule has 0 bridgehead atoms. The molecule has 116 valence electrons. The van der Waals surface area contributed by atoms with E-state index in [1.807, 2.05) is 13.8 Å². The molecule has 0 aliphatic carbocycles. The van der Waals surface area contributed by atoms with E-state index >= 15 is 0 Å². The Kier molecular flexibility index (Phi) is 4.88. The number of nitrogens with one attached hydrogen (secondary N) is 1. The van der Waals surface area contributed by atoms with Crippen LogP contribution in [0.2, 0.25) is 0 Å². The van der Waals surface area contributed by atoms with Crippen LogP contribution in [0.1, 0.15) is 39.2 Å². The molecule has 0 saturated carbocycles. The first-order valence-electron chi connectivity index (χ1n) is 7.87. The van der Waals surface area contributed by atoms with Gasteiger partial charge in [-0.25, -0.2) is 0 Å². The number of carbonyl (C=O) groups is 1. The average Bonchev–Trinajstić information content (AvgIpc) is 2.75. The van der Waals surface area contributed by atoms with Crippen molar-refractivity contribution in [3.63, 3.8) is 0 Å². The van der Waals surface area contributed by atoms with Gasteiger partial charge in [-0.2, -0.15) is 0 Å². The third kappa shape index (κ3) is 3.38. The lowest BCUT2D eigenvalue weighted by atomic mass is 9.94. The molecule has 0 fully saturated rings. The molecule has 4 nitrogen and oxygen atoms in total. The van der Waals surface area contributed by atoms with Crippen molar-refractivity contribution in [2.45, 2.75) is 51.6 Å².